The van der Waals surface area contributed by atoms with Crippen LogP contribution < -0.4 is 0 Å². The summed E-state index contributed by atoms with van der Waals surface area (Å²) in [5.41, 5.74) is 1.81. The highest BCUT2D eigenvalue weighted by Gasteiger charge is 2.40. The van der Waals surface area contributed by atoms with Gasteiger partial charge < -0.3 is 9.30 Å². The van der Waals surface area contributed by atoms with Gasteiger partial charge in [-0.05, 0) is 24.3 Å². The highest BCUT2D eigenvalue weighted by atomic mass is 32.2. The molecule has 0 spiro atoms. The van der Waals surface area contributed by atoms with Crippen molar-refractivity contribution in [1.29, 1.82) is 0 Å². The molecule has 142 valence electrons. The summed E-state index contributed by atoms with van der Waals surface area (Å²) in [5, 5.41) is 0. The highest BCUT2D eigenvalue weighted by Crippen LogP contribution is 2.25. The standard InChI is InChI=1S/C19H20FN3O3S/c1-22-17-10-6-5-9-16(17)21-19(22)13-26-18-12-23(11-15(18)20)27(24,25)14-7-3-2-4-8-14/h2-10,15,18H,11-13H2,1H3/t15-,18+/m1/s1. The summed E-state index contributed by atoms with van der Waals surface area (Å²) in [4.78, 5) is 4.66. The topological polar surface area (TPSA) is 64.4 Å². The minimum Gasteiger partial charge on any atom is -0.366 e. The van der Waals surface area contributed by atoms with Crippen LogP contribution in [0.15, 0.2) is 59.5 Å². The molecule has 3 aromatic rings. The third-order valence-electron chi connectivity index (χ3n) is 4.85. The minimum atomic E-state index is -3.72. The van der Waals surface area contributed by atoms with Gasteiger partial charge in [0.25, 0.3) is 0 Å². The first-order valence-electron chi connectivity index (χ1n) is 8.68. The van der Waals surface area contributed by atoms with Gasteiger partial charge in [0.05, 0.1) is 15.9 Å². The Hall–Kier alpha value is -2.29. The zero-order chi connectivity index (χ0) is 19.0. The third kappa shape index (κ3) is 3.36. The molecule has 1 aliphatic rings. The largest absolute Gasteiger partial charge is 0.366 e. The van der Waals surface area contributed by atoms with E-state index in [0.717, 1.165) is 15.3 Å². The number of hydrogen-bond acceptors (Lipinski definition) is 4. The van der Waals surface area contributed by atoms with Gasteiger partial charge in [-0.15, -0.1) is 0 Å². The lowest BCUT2D eigenvalue weighted by molar-refractivity contribution is 0.00895. The smallest absolute Gasteiger partial charge is 0.243 e. The molecule has 0 unspecified atom stereocenters. The molecular formula is C19H20FN3O3S. The van der Waals surface area contributed by atoms with E-state index >= 15 is 0 Å². The van der Waals surface area contributed by atoms with Gasteiger partial charge in [0.1, 0.15) is 24.7 Å². The number of benzene rings is 2. The zero-order valence-corrected chi connectivity index (χ0v) is 15.6. The van der Waals surface area contributed by atoms with E-state index in [4.69, 9.17) is 4.74 Å². The lowest BCUT2D eigenvalue weighted by Gasteiger charge is -2.16. The summed E-state index contributed by atoms with van der Waals surface area (Å²) < 4.78 is 48.5. The molecule has 1 aromatic heterocycles. The molecule has 6 nitrogen and oxygen atoms in total. The summed E-state index contributed by atoms with van der Waals surface area (Å²) >= 11 is 0. The summed E-state index contributed by atoms with van der Waals surface area (Å²) in [6.45, 7) is -0.0950. The van der Waals surface area contributed by atoms with E-state index in [1.54, 1.807) is 18.2 Å². The van der Waals surface area contributed by atoms with Crippen molar-refractivity contribution in [2.45, 2.75) is 23.8 Å². The van der Waals surface area contributed by atoms with E-state index in [1.807, 2.05) is 35.9 Å². The first-order valence-corrected chi connectivity index (χ1v) is 10.1. The Bertz CT molecular complexity index is 1050. The number of halogens is 1. The number of alkyl halides is 1. The Labute approximate surface area is 157 Å². The number of para-hydroxylation sites is 2. The fourth-order valence-electron chi connectivity index (χ4n) is 3.30. The van der Waals surface area contributed by atoms with Gasteiger partial charge in [-0.3, -0.25) is 0 Å². The van der Waals surface area contributed by atoms with Gasteiger partial charge in [0.15, 0.2) is 0 Å². The summed E-state index contributed by atoms with van der Waals surface area (Å²) in [6, 6.07) is 15.7. The van der Waals surface area contributed by atoms with Crippen LogP contribution >= 0.6 is 0 Å². The van der Waals surface area contributed by atoms with Crippen LogP contribution in [0.3, 0.4) is 0 Å². The predicted molar refractivity (Wildman–Crippen MR) is 99.4 cm³/mol. The lowest BCUT2D eigenvalue weighted by atomic mass is 10.3. The predicted octanol–water partition coefficient (Wildman–Crippen LogP) is 2.50. The van der Waals surface area contributed by atoms with Gasteiger partial charge in [-0.25, -0.2) is 17.8 Å². The van der Waals surface area contributed by atoms with Crippen LogP contribution in [0, 0.1) is 0 Å². The molecular weight excluding hydrogens is 369 g/mol. The van der Waals surface area contributed by atoms with Crippen molar-refractivity contribution < 1.29 is 17.5 Å². The quantitative estimate of drug-likeness (QED) is 0.673. The second-order valence-corrected chi connectivity index (χ2v) is 8.51. The molecule has 2 aromatic carbocycles. The molecule has 1 fully saturated rings. The number of aromatic nitrogens is 2. The number of imidazole rings is 1. The van der Waals surface area contributed by atoms with E-state index in [-0.39, 0.29) is 24.6 Å². The van der Waals surface area contributed by atoms with E-state index in [9.17, 15) is 12.8 Å². The number of ether oxygens (including phenoxy) is 1. The number of nitrogens with zero attached hydrogens (tertiary/aromatic N) is 3. The van der Waals surface area contributed by atoms with Gasteiger partial charge in [-0.2, -0.15) is 4.31 Å². The fourth-order valence-corrected chi connectivity index (χ4v) is 4.78. The number of sulfonamides is 1. The van der Waals surface area contributed by atoms with Crippen LogP contribution in [-0.2, 0) is 28.4 Å². The highest BCUT2D eigenvalue weighted by molar-refractivity contribution is 7.89. The van der Waals surface area contributed by atoms with Crippen molar-refractivity contribution in [2.75, 3.05) is 13.1 Å². The van der Waals surface area contributed by atoms with Crippen LogP contribution in [0.5, 0.6) is 0 Å². The maximum atomic E-state index is 14.4. The average molecular weight is 389 g/mol. The molecule has 0 amide bonds. The second-order valence-electron chi connectivity index (χ2n) is 6.58. The minimum absolute atomic E-state index is 0.0116. The molecule has 1 saturated heterocycles. The zero-order valence-electron chi connectivity index (χ0n) is 14.8. The normalized spacial score (nSPS) is 21.1. The van der Waals surface area contributed by atoms with Crippen LogP contribution in [0.2, 0.25) is 0 Å². The van der Waals surface area contributed by atoms with Crippen molar-refractivity contribution in [1.82, 2.24) is 13.9 Å². The number of hydrogen-bond donors (Lipinski definition) is 0. The molecule has 1 aliphatic heterocycles. The maximum absolute atomic E-state index is 14.4. The summed E-state index contributed by atoms with van der Waals surface area (Å²) in [7, 11) is -1.85. The molecule has 4 rings (SSSR count). The molecule has 27 heavy (non-hydrogen) atoms. The van der Waals surface area contributed by atoms with Crippen LogP contribution in [0.25, 0.3) is 11.0 Å². The Morgan fingerprint density at radius 1 is 1.11 bits per heavy atom. The van der Waals surface area contributed by atoms with Gasteiger partial charge in [0, 0.05) is 20.1 Å². The first kappa shape index (κ1) is 18.1. The Kier molecular flexibility index (Phi) is 4.71. The van der Waals surface area contributed by atoms with Crippen molar-refractivity contribution in [2.24, 2.45) is 7.05 Å². The average Bonchev–Trinajstić information content (AvgIpc) is 3.21. The SMILES string of the molecule is Cn1c(CO[C@H]2CN(S(=O)(=O)c3ccccc3)C[C@H]2F)nc2ccccc21. The lowest BCUT2D eigenvalue weighted by Crippen LogP contribution is -2.30. The summed E-state index contributed by atoms with van der Waals surface area (Å²) in [6.07, 6.45) is -2.19. The van der Waals surface area contributed by atoms with E-state index in [0.29, 0.717) is 5.82 Å². The number of fused-ring (bicyclic) bond motifs is 1. The van der Waals surface area contributed by atoms with E-state index < -0.39 is 22.3 Å². The monoisotopic (exact) mass is 389 g/mol. The van der Waals surface area contributed by atoms with E-state index in [2.05, 4.69) is 4.98 Å². The van der Waals surface area contributed by atoms with Gasteiger partial charge >= 0.3 is 0 Å². The molecule has 2 atom stereocenters. The molecule has 0 aliphatic carbocycles. The van der Waals surface area contributed by atoms with Crippen molar-refractivity contribution in [3.63, 3.8) is 0 Å². The fraction of sp³-hybridized carbons (Fsp3) is 0.316. The Morgan fingerprint density at radius 2 is 1.81 bits per heavy atom. The van der Waals surface area contributed by atoms with Crippen molar-refractivity contribution in [3.05, 3.63) is 60.4 Å². The molecule has 8 heteroatoms. The van der Waals surface area contributed by atoms with Gasteiger partial charge in [0.2, 0.25) is 10.0 Å². The molecule has 0 saturated carbocycles. The molecule has 0 N–H and O–H groups in total. The molecule has 0 radical (unpaired) electrons. The second kappa shape index (κ2) is 7.03. The maximum Gasteiger partial charge on any atom is 0.243 e. The first-order chi connectivity index (χ1) is 13.0. The number of aryl methyl sites for hydroxylation is 1. The molecule has 0 bridgehead atoms. The van der Waals surface area contributed by atoms with Crippen molar-refractivity contribution >= 4 is 21.1 Å². The van der Waals surface area contributed by atoms with Crippen LogP contribution in [-0.4, -0.2) is 47.6 Å². The summed E-state index contributed by atoms with van der Waals surface area (Å²) in [5.74, 6) is 0.674. The van der Waals surface area contributed by atoms with E-state index in [1.165, 1.54) is 12.1 Å². The third-order valence-corrected chi connectivity index (χ3v) is 6.70. The Morgan fingerprint density at radius 3 is 2.56 bits per heavy atom. The van der Waals surface area contributed by atoms with Crippen molar-refractivity contribution in [3.8, 4) is 0 Å². The molecule has 2 heterocycles. The van der Waals surface area contributed by atoms with Crippen LogP contribution in [0.1, 0.15) is 5.82 Å². The van der Waals surface area contributed by atoms with Crippen LogP contribution in [0.4, 0.5) is 4.39 Å². The number of rotatable bonds is 5. The Balaban J connectivity index is 1.47. The van der Waals surface area contributed by atoms with Gasteiger partial charge in [-0.1, -0.05) is 30.3 Å².